The molecule has 1 saturated carbocycles. The quantitative estimate of drug-likeness (QED) is 0.247. The SMILES string of the molecule is C=C(C)OC(=O)N1c2ccc(C(F)(F)F)cc2[C@H](N(Cc2cc(C(F)(F)F)cc(C(F)(F)F)c2)C(=O)OC)C[C@@H]1C1CC1. The van der Waals surface area contributed by atoms with Gasteiger partial charge in [0, 0.05) is 12.6 Å². The van der Waals surface area contributed by atoms with Crippen molar-refractivity contribution in [1.29, 1.82) is 0 Å². The second kappa shape index (κ2) is 11.3. The molecule has 0 N–H and O–H groups in total. The van der Waals surface area contributed by atoms with Crippen molar-refractivity contribution >= 4 is 17.9 Å². The van der Waals surface area contributed by atoms with Gasteiger partial charge in [-0.05, 0) is 79.6 Å². The predicted molar refractivity (Wildman–Crippen MR) is 133 cm³/mol. The number of carbonyl (C=O) groups is 2. The molecule has 0 spiro atoms. The minimum absolute atomic E-state index is 0.00339. The van der Waals surface area contributed by atoms with E-state index in [1.54, 1.807) is 0 Å². The molecule has 43 heavy (non-hydrogen) atoms. The van der Waals surface area contributed by atoms with Gasteiger partial charge in [-0.15, -0.1) is 0 Å². The van der Waals surface area contributed by atoms with Crippen LogP contribution in [0.15, 0.2) is 48.7 Å². The first-order chi connectivity index (χ1) is 19.8. The van der Waals surface area contributed by atoms with Gasteiger partial charge in [0.05, 0.1) is 41.3 Å². The summed E-state index contributed by atoms with van der Waals surface area (Å²) in [6, 6.07) is 1.12. The lowest BCUT2D eigenvalue weighted by atomic mass is 9.86. The fourth-order valence-corrected chi connectivity index (χ4v) is 5.19. The predicted octanol–water partition coefficient (Wildman–Crippen LogP) is 8.71. The molecule has 2 amide bonds. The van der Waals surface area contributed by atoms with Gasteiger partial charge in [0.2, 0.25) is 0 Å². The van der Waals surface area contributed by atoms with Gasteiger partial charge in [-0.1, -0.05) is 6.58 Å². The van der Waals surface area contributed by atoms with Crippen LogP contribution in [0, 0.1) is 5.92 Å². The average molecular weight is 624 g/mol. The largest absolute Gasteiger partial charge is 0.453 e. The highest BCUT2D eigenvalue weighted by Gasteiger charge is 2.48. The summed E-state index contributed by atoms with van der Waals surface area (Å²) in [6.45, 7) is 4.00. The molecule has 1 fully saturated rings. The van der Waals surface area contributed by atoms with E-state index in [2.05, 4.69) is 6.58 Å². The van der Waals surface area contributed by atoms with E-state index in [1.165, 1.54) is 6.92 Å². The maximum absolute atomic E-state index is 13.8. The summed E-state index contributed by atoms with van der Waals surface area (Å²) >= 11 is 0. The number of carbonyl (C=O) groups excluding carboxylic acids is 2. The molecule has 6 nitrogen and oxygen atoms in total. The van der Waals surface area contributed by atoms with Gasteiger partial charge in [-0.2, -0.15) is 39.5 Å². The topological polar surface area (TPSA) is 59.1 Å². The van der Waals surface area contributed by atoms with Gasteiger partial charge in [0.15, 0.2) is 0 Å². The normalized spacial score (nSPS) is 19.0. The summed E-state index contributed by atoms with van der Waals surface area (Å²) in [5.41, 5.74) is -5.30. The Kier molecular flexibility index (Phi) is 8.41. The van der Waals surface area contributed by atoms with Crippen LogP contribution >= 0.6 is 0 Å². The van der Waals surface area contributed by atoms with Crippen LogP contribution in [0.4, 0.5) is 54.8 Å². The summed E-state index contributed by atoms with van der Waals surface area (Å²) in [5.74, 6) is -0.170. The number of nitrogens with zero attached hydrogens (tertiary/aromatic N) is 2. The highest BCUT2D eigenvalue weighted by molar-refractivity contribution is 5.91. The smallest absolute Gasteiger partial charge is 0.419 e. The fourth-order valence-electron chi connectivity index (χ4n) is 5.19. The number of ether oxygens (including phenoxy) is 2. The number of hydrogen-bond donors (Lipinski definition) is 0. The Bertz CT molecular complexity index is 1380. The Morgan fingerprint density at radius 1 is 0.907 bits per heavy atom. The standard InChI is InChI=1S/C28H25F9N2O4/c1-14(2)43-25(41)39-21-7-6-17(26(29,30)31)11-20(21)23(12-22(39)16-4-5-16)38(24(40)42-3)13-15-8-18(27(32,33)34)10-19(9-15)28(35,36)37/h6-11,16,22-23H,1,4-5,12-13H2,2-3H3/t22-,23-/m1/s1. The number of fused-ring (bicyclic) bond motifs is 1. The van der Waals surface area contributed by atoms with Crippen molar-refractivity contribution < 1.29 is 58.6 Å². The molecular weight excluding hydrogens is 599 g/mol. The first kappa shape index (κ1) is 32.0. The lowest BCUT2D eigenvalue weighted by molar-refractivity contribution is -0.143. The lowest BCUT2D eigenvalue weighted by Crippen LogP contribution is -2.49. The van der Waals surface area contributed by atoms with E-state index in [4.69, 9.17) is 9.47 Å². The number of halogens is 9. The van der Waals surface area contributed by atoms with Crippen LogP contribution in [0.25, 0.3) is 0 Å². The number of rotatable bonds is 5. The van der Waals surface area contributed by atoms with E-state index in [0.717, 1.165) is 29.0 Å². The molecule has 1 heterocycles. The van der Waals surface area contributed by atoms with E-state index >= 15 is 0 Å². The van der Waals surface area contributed by atoms with Crippen LogP contribution in [0.1, 0.15) is 60.0 Å². The van der Waals surface area contributed by atoms with Crippen LogP contribution in [0.3, 0.4) is 0 Å². The van der Waals surface area contributed by atoms with E-state index in [9.17, 15) is 49.1 Å². The molecule has 2 atom stereocenters. The van der Waals surface area contributed by atoms with Gasteiger partial charge < -0.3 is 9.47 Å². The highest BCUT2D eigenvalue weighted by atomic mass is 19.4. The third-order valence-electron chi connectivity index (χ3n) is 7.18. The molecule has 0 radical (unpaired) electrons. The molecule has 2 aliphatic rings. The molecule has 0 saturated heterocycles. The van der Waals surface area contributed by atoms with Crippen LogP contribution in [0.5, 0.6) is 0 Å². The molecule has 234 valence electrons. The molecule has 15 heteroatoms. The van der Waals surface area contributed by atoms with Gasteiger partial charge in [0.25, 0.3) is 0 Å². The monoisotopic (exact) mass is 624 g/mol. The molecule has 1 aliphatic heterocycles. The van der Waals surface area contributed by atoms with E-state index in [1.807, 2.05) is 0 Å². The average Bonchev–Trinajstić information content (AvgIpc) is 3.73. The molecule has 2 aromatic rings. The summed E-state index contributed by atoms with van der Waals surface area (Å²) in [7, 11) is 0.910. The van der Waals surface area contributed by atoms with Crippen molar-refractivity contribution in [3.8, 4) is 0 Å². The highest BCUT2D eigenvalue weighted by Crippen LogP contribution is 2.50. The van der Waals surface area contributed by atoms with E-state index in [-0.39, 0.29) is 35.4 Å². The molecular formula is C28H25F9N2O4. The lowest BCUT2D eigenvalue weighted by Gasteiger charge is -2.44. The molecule has 0 bridgehead atoms. The maximum Gasteiger partial charge on any atom is 0.419 e. The number of hydrogen-bond acceptors (Lipinski definition) is 4. The molecule has 0 aromatic heterocycles. The Morgan fingerprint density at radius 3 is 1.93 bits per heavy atom. The Hall–Kier alpha value is -3.91. The zero-order valence-corrected chi connectivity index (χ0v) is 22.7. The Balaban J connectivity index is 1.89. The van der Waals surface area contributed by atoms with Crippen molar-refractivity contribution in [1.82, 2.24) is 4.90 Å². The molecule has 0 unspecified atom stereocenters. The number of allylic oxidation sites excluding steroid dienone is 1. The minimum atomic E-state index is -5.17. The van der Waals surface area contributed by atoms with Gasteiger partial charge in [-0.25, -0.2) is 9.59 Å². The number of benzene rings is 2. The molecule has 1 aliphatic carbocycles. The second-order valence-electron chi connectivity index (χ2n) is 10.4. The number of anilines is 1. The van der Waals surface area contributed by atoms with Crippen molar-refractivity contribution in [3.63, 3.8) is 0 Å². The van der Waals surface area contributed by atoms with E-state index in [0.29, 0.717) is 31.0 Å². The van der Waals surface area contributed by atoms with Crippen LogP contribution in [0.2, 0.25) is 0 Å². The first-order valence-electron chi connectivity index (χ1n) is 12.8. The molecule has 4 rings (SSSR count). The number of methoxy groups -OCH3 is 1. The Labute approximate surface area is 239 Å². The van der Waals surface area contributed by atoms with Crippen LogP contribution in [-0.4, -0.2) is 30.2 Å². The van der Waals surface area contributed by atoms with E-state index < -0.39 is 71.6 Å². The fraction of sp³-hybridized carbons (Fsp3) is 0.429. The summed E-state index contributed by atoms with van der Waals surface area (Å²) in [6.07, 6.45) is -16.3. The minimum Gasteiger partial charge on any atom is -0.453 e. The second-order valence-corrected chi connectivity index (χ2v) is 10.4. The van der Waals surface area contributed by atoms with Crippen molar-refractivity contribution in [2.45, 2.75) is 63.3 Å². The zero-order valence-electron chi connectivity index (χ0n) is 22.7. The van der Waals surface area contributed by atoms with Gasteiger partial charge in [-0.3, -0.25) is 9.80 Å². The molecule has 2 aromatic carbocycles. The van der Waals surface area contributed by atoms with Gasteiger partial charge in [0.1, 0.15) is 0 Å². The van der Waals surface area contributed by atoms with Crippen LogP contribution < -0.4 is 4.90 Å². The zero-order chi connectivity index (χ0) is 32.1. The van der Waals surface area contributed by atoms with Gasteiger partial charge >= 0.3 is 30.7 Å². The van der Waals surface area contributed by atoms with Crippen LogP contribution in [-0.2, 0) is 34.5 Å². The number of alkyl halides is 9. The third kappa shape index (κ3) is 7.02. The summed E-state index contributed by atoms with van der Waals surface area (Å²) < 4.78 is 132. The summed E-state index contributed by atoms with van der Waals surface area (Å²) in [5, 5.41) is 0. The number of amides is 2. The van der Waals surface area contributed by atoms with Crippen molar-refractivity contribution in [2.75, 3.05) is 12.0 Å². The third-order valence-corrected chi connectivity index (χ3v) is 7.18. The maximum atomic E-state index is 13.8. The first-order valence-corrected chi connectivity index (χ1v) is 12.8. The summed E-state index contributed by atoms with van der Waals surface area (Å²) in [4.78, 5) is 28.1. The van der Waals surface area contributed by atoms with Crippen molar-refractivity contribution in [2.24, 2.45) is 5.92 Å². The Morgan fingerprint density at radius 2 is 1.47 bits per heavy atom. The van der Waals surface area contributed by atoms with Crippen molar-refractivity contribution in [3.05, 3.63) is 76.6 Å².